The average molecular weight is 603 g/mol. The zero-order valence-electron chi connectivity index (χ0n) is 24.7. The highest BCUT2D eigenvalue weighted by molar-refractivity contribution is 7.80. The summed E-state index contributed by atoms with van der Waals surface area (Å²) in [6, 6.07) is 26.5. The van der Waals surface area contributed by atoms with Crippen LogP contribution in [0.4, 0.5) is 11.4 Å². The lowest BCUT2D eigenvalue weighted by molar-refractivity contribution is 0.0984. The lowest BCUT2D eigenvalue weighted by Crippen LogP contribution is -2.51. The minimum Gasteiger partial charge on any atom is -0.368 e. The zero-order chi connectivity index (χ0) is 30.9. The molecule has 1 saturated heterocycles. The average Bonchev–Trinajstić information content (AvgIpc) is 3.52. The molecule has 5 rings (SSSR count). The van der Waals surface area contributed by atoms with E-state index in [-0.39, 0.29) is 5.91 Å². The Morgan fingerprint density at radius 2 is 1.57 bits per heavy atom. The largest absolute Gasteiger partial charge is 0.368 e. The van der Waals surface area contributed by atoms with Crippen LogP contribution in [-0.4, -0.2) is 58.2 Å². The van der Waals surface area contributed by atoms with E-state index in [9.17, 15) is 10.1 Å². The molecule has 0 aliphatic carbocycles. The quantitative estimate of drug-likeness (QED) is 0.269. The van der Waals surface area contributed by atoms with Crippen molar-refractivity contribution < 1.29 is 4.79 Å². The molecular formula is C34H34N8OS. The van der Waals surface area contributed by atoms with Crippen LogP contribution in [0, 0.1) is 22.7 Å². The second-order valence-corrected chi connectivity index (χ2v) is 11.0. The molecular weight excluding hydrogens is 568 g/mol. The summed E-state index contributed by atoms with van der Waals surface area (Å²) in [4.78, 5) is 24.6. The van der Waals surface area contributed by atoms with Gasteiger partial charge in [0.2, 0.25) is 0 Å². The van der Waals surface area contributed by atoms with Gasteiger partial charge in [-0.25, -0.2) is 4.98 Å². The van der Waals surface area contributed by atoms with Gasteiger partial charge in [0, 0.05) is 62.4 Å². The first kappa shape index (κ1) is 30.3. The third-order valence-corrected chi connectivity index (χ3v) is 8.08. The predicted octanol–water partition coefficient (Wildman–Crippen LogP) is 4.93. The number of imidazole rings is 1. The first-order chi connectivity index (χ1) is 21.5. The molecule has 1 aromatic heterocycles. The first-order valence-electron chi connectivity index (χ1n) is 14.7. The van der Waals surface area contributed by atoms with Crippen LogP contribution in [0.2, 0.25) is 0 Å². The maximum absolute atomic E-state index is 13.9. The van der Waals surface area contributed by atoms with Gasteiger partial charge in [-0.2, -0.15) is 10.5 Å². The number of piperazine rings is 1. The smallest absolute Gasteiger partial charge is 0.258 e. The summed E-state index contributed by atoms with van der Waals surface area (Å²) < 4.78 is 2.01. The van der Waals surface area contributed by atoms with Crippen molar-refractivity contribution in [1.29, 1.82) is 10.5 Å². The van der Waals surface area contributed by atoms with Crippen LogP contribution in [0.15, 0.2) is 85.3 Å². The molecule has 222 valence electrons. The Morgan fingerprint density at radius 1 is 0.932 bits per heavy atom. The zero-order valence-corrected chi connectivity index (χ0v) is 25.5. The number of hydrogen-bond donors (Lipinski definition) is 1. The highest BCUT2D eigenvalue weighted by atomic mass is 32.1. The van der Waals surface area contributed by atoms with Crippen molar-refractivity contribution in [2.45, 2.75) is 26.4 Å². The number of aromatic nitrogens is 2. The second kappa shape index (κ2) is 14.3. The van der Waals surface area contributed by atoms with E-state index in [1.165, 1.54) is 0 Å². The summed E-state index contributed by atoms with van der Waals surface area (Å²) in [7, 11) is 0. The molecule has 0 bridgehead atoms. The first-order valence-corrected chi connectivity index (χ1v) is 15.1. The lowest BCUT2D eigenvalue weighted by Gasteiger charge is -2.37. The molecule has 44 heavy (non-hydrogen) atoms. The van der Waals surface area contributed by atoms with E-state index in [4.69, 9.17) is 17.5 Å². The van der Waals surface area contributed by atoms with E-state index in [2.05, 4.69) is 51.3 Å². The summed E-state index contributed by atoms with van der Waals surface area (Å²) >= 11 is 5.55. The maximum Gasteiger partial charge on any atom is 0.258 e. The van der Waals surface area contributed by atoms with Crippen molar-refractivity contribution >= 4 is 34.6 Å². The van der Waals surface area contributed by atoms with Crippen LogP contribution in [0.1, 0.15) is 46.1 Å². The third kappa shape index (κ3) is 7.23. The number of thiocarbonyl (C=S) groups is 1. The molecule has 10 heteroatoms. The van der Waals surface area contributed by atoms with Crippen LogP contribution in [0.25, 0.3) is 0 Å². The van der Waals surface area contributed by atoms with Crippen LogP contribution >= 0.6 is 12.2 Å². The number of anilines is 2. The lowest BCUT2D eigenvalue weighted by atomic mass is 10.1. The van der Waals surface area contributed by atoms with E-state index < -0.39 is 0 Å². The number of rotatable bonds is 9. The van der Waals surface area contributed by atoms with Gasteiger partial charge in [0.25, 0.3) is 5.91 Å². The standard InChI is InChI=1S/C34H34N8OS/c1-2-15-38-34(44)40-18-16-39(17-19-40)30-11-13-31(14-12-30)42(33(43)29-9-7-27(21-36)8-10-29)24-32-22-37-25-41(32)23-28-5-3-26(20-35)4-6-28/h3-14,22,25H,2,15-19,23-24H2,1H3,(H,38,44). The number of carbonyl (C=O) groups is 1. The summed E-state index contributed by atoms with van der Waals surface area (Å²) in [5, 5.41) is 22.5. The summed E-state index contributed by atoms with van der Waals surface area (Å²) in [6.07, 6.45) is 4.57. The van der Waals surface area contributed by atoms with Crippen molar-refractivity contribution in [2.75, 3.05) is 42.5 Å². The molecule has 0 saturated carbocycles. The molecule has 0 atom stereocenters. The van der Waals surface area contributed by atoms with Crippen molar-refractivity contribution in [3.63, 3.8) is 0 Å². The minimum absolute atomic E-state index is 0.171. The van der Waals surface area contributed by atoms with Crippen LogP contribution in [-0.2, 0) is 13.1 Å². The Labute approximate surface area is 263 Å². The van der Waals surface area contributed by atoms with Gasteiger partial charge in [0.15, 0.2) is 5.11 Å². The fourth-order valence-electron chi connectivity index (χ4n) is 5.14. The molecule has 1 N–H and O–H groups in total. The number of nitriles is 2. The molecule has 9 nitrogen and oxygen atoms in total. The Hall–Kier alpha value is -5.19. The third-order valence-electron chi connectivity index (χ3n) is 7.68. The van der Waals surface area contributed by atoms with E-state index >= 15 is 0 Å². The Kier molecular flexibility index (Phi) is 9.85. The van der Waals surface area contributed by atoms with Crippen molar-refractivity contribution in [3.8, 4) is 12.1 Å². The molecule has 1 aliphatic rings. The van der Waals surface area contributed by atoms with Gasteiger partial charge in [-0.05, 0) is 84.9 Å². The van der Waals surface area contributed by atoms with E-state index in [1.54, 1.807) is 53.8 Å². The molecule has 1 fully saturated rings. The summed E-state index contributed by atoms with van der Waals surface area (Å²) in [5.41, 5.74) is 5.35. The van der Waals surface area contributed by atoms with Crippen LogP contribution in [0.3, 0.4) is 0 Å². The summed E-state index contributed by atoms with van der Waals surface area (Å²) in [6.45, 7) is 7.29. The van der Waals surface area contributed by atoms with Gasteiger partial charge in [0.1, 0.15) is 0 Å². The highest BCUT2D eigenvalue weighted by Gasteiger charge is 2.22. The number of carbonyl (C=O) groups excluding carboxylic acids is 1. The maximum atomic E-state index is 13.9. The number of hydrogen-bond acceptors (Lipinski definition) is 6. The Bertz CT molecular complexity index is 1660. The number of amides is 1. The summed E-state index contributed by atoms with van der Waals surface area (Å²) in [5.74, 6) is -0.171. The number of benzene rings is 3. The van der Waals surface area contributed by atoms with E-state index in [0.717, 1.165) is 66.9 Å². The van der Waals surface area contributed by atoms with Gasteiger partial charge >= 0.3 is 0 Å². The molecule has 1 aliphatic heterocycles. The fraction of sp³-hybridized carbons (Fsp3) is 0.265. The number of nitrogens with one attached hydrogen (secondary N) is 1. The fourth-order valence-corrected chi connectivity index (χ4v) is 5.43. The monoisotopic (exact) mass is 602 g/mol. The SMILES string of the molecule is CCCNC(=S)N1CCN(c2ccc(N(Cc3cncn3Cc3ccc(C#N)cc3)C(=O)c3ccc(C#N)cc3)cc2)CC1. The van der Waals surface area contributed by atoms with Crippen molar-refractivity contribution in [1.82, 2.24) is 19.8 Å². The number of nitrogens with zero attached hydrogens (tertiary/aromatic N) is 7. The van der Waals surface area contributed by atoms with Gasteiger partial charge in [-0.15, -0.1) is 0 Å². The highest BCUT2D eigenvalue weighted by Crippen LogP contribution is 2.25. The minimum atomic E-state index is -0.171. The van der Waals surface area contributed by atoms with Crippen molar-refractivity contribution in [3.05, 3.63) is 113 Å². The van der Waals surface area contributed by atoms with Gasteiger partial charge in [-0.1, -0.05) is 19.1 Å². The second-order valence-electron chi connectivity index (χ2n) is 10.6. The normalized spacial score (nSPS) is 12.7. The topological polar surface area (TPSA) is 104 Å². The Morgan fingerprint density at radius 3 is 2.18 bits per heavy atom. The molecule has 0 spiro atoms. The van der Waals surface area contributed by atoms with Gasteiger partial charge in [0.05, 0.1) is 41.8 Å². The van der Waals surface area contributed by atoms with Gasteiger partial charge in [-0.3, -0.25) is 4.79 Å². The molecule has 0 unspecified atom stereocenters. The van der Waals surface area contributed by atoms with Gasteiger partial charge < -0.3 is 24.6 Å². The Balaban J connectivity index is 1.35. The van der Waals surface area contributed by atoms with E-state index in [1.807, 2.05) is 28.8 Å². The van der Waals surface area contributed by atoms with Crippen molar-refractivity contribution in [2.24, 2.45) is 0 Å². The molecule has 2 heterocycles. The predicted molar refractivity (Wildman–Crippen MR) is 175 cm³/mol. The van der Waals surface area contributed by atoms with Crippen LogP contribution in [0.5, 0.6) is 0 Å². The molecule has 1 amide bonds. The molecule has 0 radical (unpaired) electrons. The molecule has 4 aromatic rings. The molecule has 3 aromatic carbocycles. The van der Waals surface area contributed by atoms with Crippen LogP contribution < -0.4 is 15.1 Å². The van der Waals surface area contributed by atoms with E-state index in [0.29, 0.717) is 29.8 Å².